The number of benzene rings is 1. The molecule has 0 radical (unpaired) electrons. The fourth-order valence-electron chi connectivity index (χ4n) is 3.37. The van der Waals surface area contributed by atoms with Crippen LogP contribution in [0.2, 0.25) is 0 Å². The van der Waals surface area contributed by atoms with E-state index in [-0.39, 0.29) is 6.03 Å². The Labute approximate surface area is 155 Å². The Balaban J connectivity index is 1.37. The Bertz CT molecular complexity index is 782. The number of nitrogens with zero attached hydrogens (tertiary/aromatic N) is 2. The highest BCUT2D eigenvalue weighted by Gasteiger charge is 2.32. The molecule has 27 heavy (non-hydrogen) atoms. The summed E-state index contributed by atoms with van der Waals surface area (Å²) in [5.41, 5.74) is 1.95. The third kappa shape index (κ3) is 5.85. The van der Waals surface area contributed by atoms with E-state index in [2.05, 4.69) is 15.6 Å². The van der Waals surface area contributed by atoms with Gasteiger partial charge in [0.05, 0.1) is 6.54 Å². The first-order valence-corrected chi connectivity index (χ1v) is 9.00. The molecule has 1 aliphatic heterocycles. The van der Waals surface area contributed by atoms with Gasteiger partial charge < -0.3 is 15.1 Å². The second-order valence-electron chi connectivity index (χ2n) is 6.92. The smallest absolute Gasteiger partial charge is 0.401 e. The molecule has 1 fully saturated rings. The van der Waals surface area contributed by atoms with Crippen LogP contribution < -0.4 is 10.6 Å². The zero-order valence-corrected chi connectivity index (χ0v) is 15.1. The quantitative estimate of drug-likeness (QED) is 0.820. The summed E-state index contributed by atoms with van der Waals surface area (Å²) in [4.78, 5) is 17.6. The minimum atomic E-state index is -4.14. The number of fused-ring (bicyclic) bond motifs is 1. The molecule has 0 saturated carbocycles. The van der Waals surface area contributed by atoms with E-state index in [0.717, 1.165) is 24.8 Å². The SMILES string of the molecule is Cc1nc2ccc(NC(=O)NCCC3CCN(CC(F)(F)F)CC3)cc2o1. The van der Waals surface area contributed by atoms with E-state index >= 15 is 0 Å². The van der Waals surface area contributed by atoms with Crippen LogP contribution >= 0.6 is 0 Å². The van der Waals surface area contributed by atoms with Gasteiger partial charge in [0.2, 0.25) is 0 Å². The van der Waals surface area contributed by atoms with Crippen molar-refractivity contribution in [3.8, 4) is 0 Å². The number of nitrogens with one attached hydrogen (secondary N) is 2. The summed E-state index contributed by atoms with van der Waals surface area (Å²) in [5, 5.41) is 5.53. The summed E-state index contributed by atoms with van der Waals surface area (Å²) in [6.45, 7) is 2.31. The van der Waals surface area contributed by atoms with Crippen LogP contribution in [0.1, 0.15) is 25.2 Å². The molecule has 0 bridgehead atoms. The predicted molar refractivity (Wildman–Crippen MR) is 95.6 cm³/mol. The highest BCUT2D eigenvalue weighted by molar-refractivity contribution is 5.91. The van der Waals surface area contributed by atoms with E-state index in [1.807, 2.05) is 0 Å². The van der Waals surface area contributed by atoms with Crippen molar-refractivity contribution in [3.05, 3.63) is 24.1 Å². The number of carbonyl (C=O) groups excluding carboxylic acids is 1. The van der Waals surface area contributed by atoms with Gasteiger partial charge in [-0.25, -0.2) is 9.78 Å². The maximum absolute atomic E-state index is 12.4. The van der Waals surface area contributed by atoms with E-state index < -0.39 is 12.7 Å². The molecule has 1 aromatic carbocycles. The number of urea groups is 1. The number of rotatable bonds is 5. The molecule has 3 rings (SSSR count). The lowest BCUT2D eigenvalue weighted by molar-refractivity contribution is -0.148. The first-order valence-electron chi connectivity index (χ1n) is 9.00. The lowest BCUT2D eigenvalue weighted by atomic mass is 9.93. The van der Waals surface area contributed by atoms with Crippen LogP contribution in [-0.4, -0.2) is 48.3 Å². The van der Waals surface area contributed by atoms with Crippen molar-refractivity contribution in [2.75, 3.05) is 31.5 Å². The van der Waals surface area contributed by atoms with Crippen molar-refractivity contribution in [3.63, 3.8) is 0 Å². The molecule has 1 aliphatic rings. The van der Waals surface area contributed by atoms with Crippen LogP contribution in [-0.2, 0) is 0 Å². The van der Waals surface area contributed by atoms with Gasteiger partial charge in [0, 0.05) is 25.2 Å². The van der Waals surface area contributed by atoms with Crippen molar-refractivity contribution >= 4 is 22.8 Å². The predicted octanol–water partition coefficient (Wildman–Crippen LogP) is 3.92. The molecular weight excluding hydrogens is 361 g/mol. The molecule has 2 N–H and O–H groups in total. The Morgan fingerprint density at radius 1 is 1.33 bits per heavy atom. The van der Waals surface area contributed by atoms with Crippen molar-refractivity contribution in [1.29, 1.82) is 0 Å². The number of aryl methyl sites for hydroxylation is 1. The maximum atomic E-state index is 12.4. The molecule has 0 spiro atoms. The van der Waals surface area contributed by atoms with E-state index in [1.165, 1.54) is 4.90 Å². The molecular formula is C18H23F3N4O2. The van der Waals surface area contributed by atoms with Crippen LogP contribution in [0, 0.1) is 12.8 Å². The largest absolute Gasteiger partial charge is 0.441 e. The van der Waals surface area contributed by atoms with E-state index in [4.69, 9.17) is 4.42 Å². The number of anilines is 1. The Morgan fingerprint density at radius 3 is 2.78 bits per heavy atom. The topological polar surface area (TPSA) is 70.4 Å². The highest BCUT2D eigenvalue weighted by Crippen LogP contribution is 2.24. The molecule has 1 aromatic heterocycles. The second-order valence-corrected chi connectivity index (χ2v) is 6.92. The van der Waals surface area contributed by atoms with Crippen LogP contribution in [0.3, 0.4) is 0 Å². The average Bonchev–Trinajstić information content (AvgIpc) is 2.94. The Hall–Kier alpha value is -2.29. The van der Waals surface area contributed by atoms with Gasteiger partial charge in [-0.05, 0) is 50.4 Å². The molecule has 2 aromatic rings. The summed E-state index contributed by atoms with van der Waals surface area (Å²) in [6.07, 6.45) is -1.94. The first kappa shape index (κ1) is 19.5. The molecule has 148 valence electrons. The number of carbonyl (C=O) groups is 1. The van der Waals surface area contributed by atoms with Gasteiger partial charge in [-0.2, -0.15) is 13.2 Å². The minimum Gasteiger partial charge on any atom is -0.441 e. The molecule has 2 amide bonds. The molecule has 9 heteroatoms. The highest BCUT2D eigenvalue weighted by atomic mass is 19.4. The molecule has 2 heterocycles. The Kier molecular flexibility index (Phi) is 5.88. The van der Waals surface area contributed by atoms with Crippen LogP contribution in [0.25, 0.3) is 11.1 Å². The molecule has 1 saturated heterocycles. The van der Waals surface area contributed by atoms with Gasteiger partial charge in [0.15, 0.2) is 11.5 Å². The van der Waals surface area contributed by atoms with Crippen LogP contribution in [0.15, 0.2) is 22.6 Å². The number of hydrogen-bond acceptors (Lipinski definition) is 4. The number of halogens is 3. The summed E-state index contributed by atoms with van der Waals surface area (Å²) < 4.78 is 42.6. The summed E-state index contributed by atoms with van der Waals surface area (Å²) in [6, 6.07) is 4.92. The third-order valence-corrected chi connectivity index (χ3v) is 4.70. The van der Waals surface area contributed by atoms with Gasteiger partial charge in [-0.3, -0.25) is 4.90 Å². The number of likely N-dealkylation sites (tertiary alicyclic amines) is 1. The van der Waals surface area contributed by atoms with E-state index in [0.29, 0.717) is 42.7 Å². The monoisotopic (exact) mass is 384 g/mol. The van der Waals surface area contributed by atoms with Crippen molar-refractivity contribution in [2.45, 2.75) is 32.4 Å². The molecule has 0 aliphatic carbocycles. The summed E-state index contributed by atoms with van der Waals surface area (Å²) >= 11 is 0. The standard InChI is InChI=1S/C18H23F3N4O2/c1-12-23-15-3-2-14(10-16(15)27-12)24-17(26)22-7-4-13-5-8-25(9-6-13)11-18(19,20)21/h2-3,10,13H,4-9,11H2,1H3,(H2,22,24,26). The average molecular weight is 384 g/mol. The fourth-order valence-corrected chi connectivity index (χ4v) is 3.37. The maximum Gasteiger partial charge on any atom is 0.401 e. The van der Waals surface area contributed by atoms with Crippen molar-refractivity contribution in [1.82, 2.24) is 15.2 Å². The molecule has 0 atom stereocenters. The number of aromatic nitrogens is 1. The van der Waals surface area contributed by atoms with E-state index in [1.54, 1.807) is 25.1 Å². The van der Waals surface area contributed by atoms with Crippen molar-refractivity contribution in [2.24, 2.45) is 5.92 Å². The number of oxazole rings is 1. The first-order chi connectivity index (χ1) is 12.8. The summed E-state index contributed by atoms with van der Waals surface area (Å²) in [7, 11) is 0. The van der Waals surface area contributed by atoms with Gasteiger partial charge in [-0.15, -0.1) is 0 Å². The minimum absolute atomic E-state index is 0.319. The van der Waals surface area contributed by atoms with Gasteiger partial charge in [-0.1, -0.05) is 0 Å². The van der Waals surface area contributed by atoms with Gasteiger partial charge in [0.1, 0.15) is 5.52 Å². The summed E-state index contributed by atoms with van der Waals surface area (Å²) in [5.74, 6) is 0.899. The number of amides is 2. The fraction of sp³-hybridized carbons (Fsp3) is 0.556. The van der Waals surface area contributed by atoms with Crippen LogP contribution in [0.4, 0.5) is 23.7 Å². The second kappa shape index (κ2) is 8.16. The third-order valence-electron chi connectivity index (χ3n) is 4.70. The van der Waals surface area contributed by atoms with E-state index in [9.17, 15) is 18.0 Å². The number of piperidine rings is 1. The number of alkyl halides is 3. The lowest BCUT2D eigenvalue weighted by Crippen LogP contribution is -2.40. The number of hydrogen-bond donors (Lipinski definition) is 2. The molecule has 6 nitrogen and oxygen atoms in total. The van der Waals surface area contributed by atoms with Crippen LogP contribution in [0.5, 0.6) is 0 Å². The van der Waals surface area contributed by atoms with Gasteiger partial charge in [0.25, 0.3) is 0 Å². The van der Waals surface area contributed by atoms with Gasteiger partial charge >= 0.3 is 12.2 Å². The normalized spacial score (nSPS) is 16.6. The lowest BCUT2D eigenvalue weighted by Gasteiger charge is -2.32. The Morgan fingerprint density at radius 2 is 2.07 bits per heavy atom. The van der Waals surface area contributed by atoms with Crippen molar-refractivity contribution < 1.29 is 22.4 Å². The zero-order valence-electron chi connectivity index (χ0n) is 15.1. The zero-order chi connectivity index (χ0) is 19.4. The molecule has 0 unspecified atom stereocenters.